The van der Waals surface area contributed by atoms with Gasteiger partial charge in [-0.15, -0.1) is 0 Å². The fourth-order valence-electron chi connectivity index (χ4n) is 3.03. The molecule has 0 saturated carbocycles. The second-order valence-electron chi connectivity index (χ2n) is 6.58. The predicted octanol–water partition coefficient (Wildman–Crippen LogP) is 1.74. The first-order valence-corrected chi connectivity index (χ1v) is 10.0. The molecule has 2 rings (SSSR count). The number of amides is 1. The van der Waals surface area contributed by atoms with Crippen molar-refractivity contribution in [3.63, 3.8) is 0 Å². The van der Waals surface area contributed by atoms with E-state index in [0.29, 0.717) is 25.9 Å². The van der Waals surface area contributed by atoms with Crippen LogP contribution in [-0.2, 0) is 14.6 Å². The van der Waals surface area contributed by atoms with Crippen molar-refractivity contribution < 1.29 is 18.1 Å². The quantitative estimate of drug-likeness (QED) is 0.625. The fourth-order valence-corrected chi connectivity index (χ4v) is 3.89. The Labute approximate surface area is 147 Å². The molecule has 9 heteroatoms. The number of nitrogens with one attached hydrogen (secondary N) is 1. The van der Waals surface area contributed by atoms with Gasteiger partial charge >= 0.3 is 5.69 Å². The molecule has 1 fully saturated rings. The van der Waals surface area contributed by atoms with Gasteiger partial charge in [0.05, 0.1) is 4.92 Å². The third-order valence-corrected chi connectivity index (χ3v) is 5.33. The molecule has 1 N–H and O–H groups in total. The van der Waals surface area contributed by atoms with Gasteiger partial charge in [0, 0.05) is 31.3 Å². The first-order chi connectivity index (χ1) is 11.6. The number of nitro benzene ring substituents is 1. The Morgan fingerprint density at radius 2 is 1.92 bits per heavy atom. The SMILES string of the molecule is CC(C)NC(=O)C1CCN(c2cccc(S(C)(=O)=O)c2[N+](=O)[O-])CC1. The van der Waals surface area contributed by atoms with E-state index in [1.54, 1.807) is 11.0 Å². The second-order valence-corrected chi connectivity index (χ2v) is 8.56. The molecular formula is C16H23N3O5S. The Balaban J connectivity index is 2.24. The average molecular weight is 369 g/mol. The number of para-hydroxylation sites is 1. The lowest BCUT2D eigenvalue weighted by Crippen LogP contribution is -2.42. The van der Waals surface area contributed by atoms with Gasteiger partial charge in [-0.05, 0) is 38.8 Å². The molecule has 0 unspecified atom stereocenters. The predicted molar refractivity (Wildman–Crippen MR) is 94.4 cm³/mol. The van der Waals surface area contributed by atoms with Crippen LogP contribution in [-0.4, -0.2) is 44.6 Å². The summed E-state index contributed by atoms with van der Waals surface area (Å²) in [7, 11) is -3.71. The van der Waals surface area contributed by atoms with Crippen LogP contribution in [0.4, 0.5) is 11.4 Å². The van der Waals surface area contributed by atoms with E-state index >= 15 is 0 Å². The molecule has 1 aromatic rings. The van der Waals surface area contributed by atoms with Crippen molar-refractivity contribution in [3.8, 4) is 0 Å². The highest BCUT2D eigenvalue weighted by atomic mass is 32.2. The zero-order chi connectivity index (χ0) is 18.8. The van der Waals surface area contributed by atoms with Crippen LogP contribution < -0.4 is 10.2 Å². The molecule has 1 heterocycles. The molecule has 1 amide bonds. The summed E-state index contributed by atoms with van der Waals surface area (Å²) in [5, 5.41) is 14.4. The number of hydrogen-bond donors (Lipinski definition) is 1. The molecule has 1 saturated heterocycles. The molecule has 0 bridgehead atoms. The topological polar surface area (TPSA) is 110 Å². The van der Waals surface area contributed by atoms with Gasteiger partial charge in [0.15, 0.2) is 9.84 Å². The van der Waals surface area contributed by atoms with E-state index in [4.69, 9.17) is 0 Å². The summed E-state index contributed by atoms with van der Waals surface area (Å²) in [6.07, 6.45) is 2.10. The molecule has 138 valence electrons. The van der Waals surface area contributed by atoms with Crippen LogP contribution >= 0.6 is 0 Å². The number of anilines is 1. The largest absolute Gasteiger partial charge is 0.366 e. The monoisotopic (exact) mass is 369 g/mol. The highest BCUT2D eigenvalue weighted by Gasteiger charge is 2.32. The molecule has 1 aromatic carbocycles. The van der Waals surface area contributed by atoms with Crippen LogP contribution in [0, 0.1) is 16.0 Å². The minimum absolute atomic E-state index is 0.00552. The van der Waals surface area contributed by atoms with Crippen molar-refractivity contribution in [2.45, 2.75) is 37.6 Å². The Kier molecular flexibility index (Phi) is 5.66. The normalized spacial score (nSPS) is 16.1. The summed E-state index contributed by atoms with van der Waals surface area (Å²) in [5.41, 5.74) is -0.106. The van der Waals surface area contributed by atoms with Crippen LogP contribution in [0.2, 0.25) is 0 Å². The number of sulfone groups is 1. The van der Waals surface area contributed by atoms with E-state index in [9.17, 15) is 23.3 Å². The van der Waals surface area contributed by atoms with Gasteiger partial charge in [0.25, 0.3) is 0 Å². The van der Waals surface area contributed by atoms with Gasteiger partial charge in [-0.1, -0.05) is 6.07 Å². The van der Waals surface area contributed by atoms with E-state index in [-0.39, 0.29) is 28.4 Å². The molecule has 0 spiro atoms. The summed E-state index contributed by atoms with van der Waals surface area (Å²) >= 11 is 0. The van der Waals surface area contributed by atoms with Crippen LogP contribution in [0.1, 0.15) is 26.7 Å². The Morgan fingerprint density at radius 1 is 1.32 bits per heavy atom. The highest BCUT2D eigenvalue weighted by Crippen LogP contribution is 2.36. The second kappa shape index (κ2) is 7.38. The molecule has 1 aliphatic rings. The minimum Gasteiger partial charge on any atom is -0.366 e. The number of piperidine rings is 1. The lowest BCUT2D eigenvalue weighted by molar-refractivity contribution is -0.387. The number of benzene rings is 1. The Morgan fingerprint density at radius 3 is 2.40 bits per heavy atom. The first kappa shape index (κ1) is 19.2. The summed E-state index contributed by atoms with van der Waals surface area (Å²) in [6.45, 7) is 4.72. The summed E-state index contributed by atoms with van der Waals surface area (Å²) in [4.78, 5) is 24.4. The summed E-state index contributed by atoms with van der Waals surface area (Å²) in [5.74, 6) is -0.134. The Bertz CT molecular complexity index is 768. The number of hydrogen-bond acceptors (Lipinski definition) is 6. The molecule has 0 atom stereocenters. The van der Waals surface area contributed by atoms with Crippen molar-refractivity contribution in [1.82, 2.24) is 5.32 Å². The number of carbonyl (C=O) groups excluding carboxylic acids is 1. The molecule has 0 aromatic heterocycles. The van der Waals surface area contributed by atoms with Gasteiger partial charge in [0.2, 0.25) is 5.91 Å². The van der Waals surface area contributed by atoms with E-state index in [0.717, 1.165) is 6.26 Å². The minimum atomic E-state index is -3.71. The lowest BCUT2D eigenvalue weighted by atomic mass is 9.95. The van der Waals surface area contributed by atoms with E-state index in [1.165, 1.54) is 12.1 Å². The standard InChI is InChI=1S/C16H23N3O5S/c1-11(2)17-16(20)12-7-9-18(10-8-12)13-5-4-6-14(25(3,23)24)15(13)19(21)22/h4-6,11-12H,7-10H2,1-3H3,(H,17,20). The van der Waals surface area contributed by atoms with Crippen molar-refractivity contribution in [2.24, 2.45) is 5.92 Å². The molecule has 0 radical (unpaired) electrons. The van der Waals surface area contributed by atoms with Gasteiger partial charge < -0.3 is 10.2 Å². The van der Waals surface area contributed by atoms with Crippen molar-refractivity contribution >= 4 is 27.1 Å². The molecule has 0 aliphatic carbocycles. The van der Waals surface area contributed by atoms with Crippen molar-refractivity contribution in [2.75, 3.05) is 24.2 Å². The smallest absolute Gasteiger partial charge is 0.311 e. The average Bonchev–Trinajstić information content (AvgIpc) is 2.52. The Hall–Kier alpha value is -2.16. The first-order valence-electron chi connectivity index (χ1n) is 8.14. The third kappa shape index (κ3) is 4.47. The summed E-state index contributed by atoms with van der Waals surface area (Å²) < 4.78 is 23.7. The van der Waals surface area contributed by atoms with E-state index < -0.39 is 20.4 Å². The third-order valence-electron chi connectivity index (χ3n) is 4.20. The van der Waals surface area contributed by atoms with E-state index in [1.807, 2.05) is 13.8 Å². The zero-order valence-corrected chi connectivity index (χ0v) is 15.4. The van der Waals surface area contributed by atoms with E-state index in [2.05, 4.69) is 5.32 Å². The molecule has 8 nitrogen and oxygen atoms in total. The highest BCUT2D eigenvalue weighted by molar-refractivity contribution is 7.90. The van der Waals surface area contributed by atoms with Gasteiger partial charge in [-0.2, -0.15) is 0 Å². The van der Waals surface area contributed by atoms with Crippen LogP contribution in [0.15, 0.2) is 23.1 Å². The zero-order valence-electron chi connectivity index (χ0n) is 14.6. The maximum Gasteiger partial charge on any atom is 0.311 e. The number of nitro groups is 1. The number of rotatable bonds is 5. The summed E-state index contributed by atoms with van der Waals surface area (Å²) in [6, 6.07) is 4.38. The van der Waals surface area contributed by atoms with Crippen molar-refractivity contribution in [1.29, 1.82) is 0 Å². The molecule has 1 aliphatic heterocycles. The van der Waals surface area contributed by atoms with Gasteiger partial charge in [0.1, 0.15) is 10.6 Å². The molecule has 25 heavy (non-hydrogen) atoms. The fraction of sp³-hybridized carbons (Fsp3) is 0.562. The van der Waals surface area contributed by atoms with Crippen LogP contribution in [0.25, 0.3) is 0 Å². The van der Waals surface area contributed by atoms with Gasteiger partial charge in [-0.3, -0.25) is 14.9 Å². The van der Waals surface area contributed by atoms with Crippen LogP contribution in [0.3, 0.4) is 0 Å². The van der Waals surface area contributed by atoms with Crippen LogP contribution in [0.5, 0.6) is 0 Å². The maximum absolute atomic E-state index is 12.1. The van der Waals surface area contributed by atoms with Gasteiger partial charge in [-0.25, -0.2) is 8.42 Å². The molecular weight excluding hydrogens is 346 g/mol. The number of nitrogens with zero attached hydrogens (tertiary/aromatic N) is 2. The number of carbonyl (C=O) groups is 1. The lowest BCUT2D eigenvalue weighted by Gasteiger charge is -2.33. The van der Waals surface area contributed by atoms with Crippen molar-refractivity contribution in [3.05, 3.63) is 28.3 Å². The maximum atomic E-state index is 12.1.